The summed E-state index contributed by atoms with van der Waals surface area (Å²) in [7, 11) is 0. The first-order valence-electron chi connectivity index (χ1n) is 19.9. The van der Waals surface area contributed by atoms with Crippen LogP contribution in [0.5, 0.6) is 0 Å². The Morgan fingerprint density at radius 3 is 2.00 bits per heavy atom. The van der Waals surface area contributed by atoms with Crippen LogP contribution in [0.25, 0.3) is 0 Å². The zero-order chi connectivity index (χ0) is 32.6. The third kappa shape index (κ3) is 8.51. The monoisotopic (exact) mass is 632 g/mol. The van der Waals surface area contributed by atoms with Crippen molar-refractivity contribution in [3.8, 4) is 0 Å². The van der Waals surface area contributed by atoms with E-state index in [2.05, 4.69) is 39.5 Å². The summed E-state index contributed by atoms with van der Waals surface area (Å²) in [6, 6.07) is 0. The van der Waals surface area contributed by atoms with Gasteiger partial charge < -0.3 is 20.2 Å². The van der Waals surface area contributed by atoms with Crippen LogP contribution in [-0.4, -0.2) is 57.5 Å². The Balaban J connectivity index is 1.35. The van der Waals surface area contributed by atoms with Crippen LogP contribution in [-0.2, 0) is 4.79 Å². The second-order valence-corrected chi connectivity index (χ2v) is 17.0. The molecule has 5 nitrogen and oxygen atoms in total. The summed E-state index contributed by atoms with van der Waals surface area (Å²) < 4.78 is 0. The van der Waals surface area contributed by atoms with Crippen LogP contribution in [0.15, 0.2) is 0 Å². The number of aliphatic hydroxyl groups is 3. The molecule has 4 saturated carbocycles. The molecule has 0 unspecified atom stereocenters. The van der Waals surface area contributed by atoms with Crippen molar-refractivity contribution in [1.82, 2.24) is 4.90 Å². The van der Waals surface area contributed by atoms with Crippen LogP contribution in [0.4, 0.5) is 0 Å². The van der Waals surface area contributed by atoms with Crippen LogP contribution in [0.1, 0.15) is 169 Å². The van der Waals surface area contributed by atoms with Crippen molar-refractivity contribution in [2.45, 2.75) is 188 Å². The Labute approximate surface area is 277 Å². The molecule has 3 N–H and O–H groups in total. The van der Waals surface area contributed by atoms with Gasteiger partial charge in [0.2, 0.25) is 5.91 Å². The third-order valence-electron chi connectivity index (χ3n) is 14.3. The number of hydrogen-bond donors (Lipinski definition) is 3. The summed E-state index contributed by atoms with van der Waals surface area (Å²) in [4.78, 5) is 15.9. The Hall–Kier alpha value is -0.650. The van der Waals surface area contributed by atoms with Crippen molar-refractivity contribution >= 4 is 5.91 Å². The minimum atomic E-state index is -0.360. The Bertz CT molecular complexity index is 880. The molecule has 4 rings (SSSR count). The van der Waals surface area contributed by atoms with Gasteiger partial charge in [0.25, 0.3) is 0 Å². The van der Waals surface area contributed by atoms with Gasteiger partial charge in [0, 0.05) is 19.5 Å². The van der Waals surface area contributed by atoms with Crippen molar-refractivity contribution in [1.29, 1.82) is 0 Å². The van der Waals surface area contributed by atoms with Crippen LogP contribution in [0, 0.1) is 46.3 Å². The van der Waals surface area contributed by atoms with E-state index in [4.69, 9.17) is 0 Å². The van der Waals surface area contributed by atoms with E-state index in [1.807, 2.05) is 0 Å². The molecular formula is C40H73NO4. The molecule has 0 bridgehead atoms. The highest BCUT2D eigenvalue weighted by Crippen LogP contribution is 2.68. The van der Waals surface area contributed by atoms with E-state index in [0.29, 0.717) is 41.9 Å². The van der Waals surface area contributed by atoms with Gasteiger partial charge in [-0.05, 0) is 111 Å². The zero-order valence-electron chi connectivity index (χ0n) is 30.2. The van der Waals surface area contributed by atoms with Crippen molar-refractivity contribution < 1.29 is 20.1 Å². The lowest BCUT2D eigenvalue weighted by Gasteiger charge is -2.63. The number of rotatable bonds is 18. The molecule has 0 aromatic carbocycles. The number of hydrogen-bond acceptors (Lipinski definition) is 4. The average Bonchev–Trinajstić information content (AvgIpc) is 3.37. The van der Waals surface area contributed by atoms with E-state index in [1.54, 1.807) is 0 Å². The Morgan fingerprint density at radius 2 is 1.38 bits per heavy atom. The Morgan fingerprint density at radius 1 is 0.778 bits per heavy atom. The summed E-state index contributed by atoms with van der Waals surface area (Å²) >= 11 is 0. The smallest absolute Gasteiger partial charge is 0.222 e. The highest BCUT2D eigenvalue weighted by atomic mass is 16.3. The lowest BCUT2D eigenvalue weighted by atomic mass is 9.43. The predicted octanol–water partition coefficient (Wildman–Crippen LogP) is 8.91. The number of aliphatic hydroxyl groups excluding tert-OH is 3. The fourth-order valence-corrected chi connectivity index (χ4v) is 11.4. The average molecular weight is 632 g/mol. The first-order chi connectivity index (χ1) is 21.6. The topological polar surface area (TPSA) is 81.0 Å². The van der Waals surface area contributed by atoms with E-state index in [-0.39, 0.29) is 35.1 Å². The quantitative estimate of drug-likeness (QED) is 0.132. The maximum absolute atomic E-state index is 13.7. The lowest BCUT2D eigenvalue weighted by Crippen LogP contribution is -2.62. The van der Waals surface area contributed by atoms with Gasteiger partial charge in [0.1, 0.15) is 0 Å². The molecule has 45 heavy (non-hydrogen) atoms. The minimum absolute atomic E-state index is 0.108. The molecule has 0 saturated heterocycles. The number of carbonyl (C=O) groups is 1. The number of nitrogens with zero attached hydrogens (tertiary/aromatic N) is 1. The molecule has 4 aliphatic rings. The number of amides is 1. The fourth-order valence-electron chi connectivity index (χ4n) is 11.4. The van der Waals surface area contributed by atoms with Gasteiger partial charge in [-0.25, -0.2) is 0 Å². The standard InChI is InChI=1S/C40H73NO4/c1-6-8-10-12-14-16-24-41(25-17-15-13-11-9-7-2)37(45)21-18-29(3)32-19-20-33-38-34(28-36(44)40(32,33)5)39(4)23-22-31(42)26-30(39)27-35(38)43/h29-36,38,42-44H,6-28H2,1-5H3/t29-,30+,31-,32-,33+,34+,35-,36+,38+,39+,40-/m1/s1. The van der Waals surface area contributed by atoms with Crippen LogP contribution in [0.3, 0.4) is 0 Å². The van der Waals surface area contributed by atoms with Gasteiger partial charge in [-0.3, -0.25) is 4.79 Å². The number of unbranched alkanes of at least 4 members (excludes halogenated alkanes) is 10. The number of fused-ring (bicyclic) bond motifs is 5. The van der Waals surface area contributed by atoms with Crippen molar-refractivity contribution in [3.63, 3.8) is 0 Å². The fraction of sp³-hybridized carbons (Fsp3) is 0.975. The van der Waals surface area contributed by atoms with Crippen molar-refractivity contribution in [3.05, 3.63) is 0 Å². The summed E-state index contributed by atoms with van der Waals surface area (Å²) in [5, 5.41) is 34.0. The minimum Gasteiger partial charge on any atom is -0.393 e. The second-order valence-electron chi connectivity index (χ2n) is 17.0. The largest absolute Gasteiger partial charge is 0.393 e. The molecule has 0 spiro atoms. The molecule has 11 atom stereocenters. The second kappa shape index (κ2) is 17.1. The molecule has 262 valence electrons. The summed E-state index contributed by atoms with van der Waals surface area (Å²) in [5.41, 5.74) is -0.0876. The van der Waals surface area contributed by atoms with E-state index in [1.165, 1.54) is 64.2 Å². The molecule has 4 aliphatic carbocycles. The first kappa shape index (κ1) is 37.2. The van der Waals surface area contributed by atoms with Gasteiger partial charge in [-0.1, -0.05) is 98.8 Å². The van der Waals surface area contributed by atoms with Gasteiger partial charge in [0.05, 0.1) is 18.3 Å². The predicted molar refractivity (Wildman–Crippen MR) is 186 cm³/mol. The highest BCUT2D eigenvalue weighted by molar-refractivity contribution is 5.76. The SMILES string of the molecule is CCCCCCCCN(CCCCCCCC)C(=O)CC[C@@H](C)[C@H]1CC[C@H]2[C@@H]3[C@H](O)C[C@@H]4C[C@H](O)CC[C@]4(C)[C@H]3C[C@H](O)[C@]12C. The maximum Gasteiger partial charge on any atom is 0.222 e. The van der Waals surface area contributed by atoms with E-state index < -0.39 is 0 Å². The third-order valence-corrected chi connectivity index (χ3v) is 14.3. The summed E-state index contributed by atoms with van der Waals surface area (Å²) in [5.74, 6) is 2.39. The van der Waals surface area contributed by atoms with Gasteiger partial charge >= 0.3 is 0 Å². The normalized spacial score (nSPS) is 38.3. The molecule has 0 aromatic rings. The maximum atomic E-state index is 13.7. The van der Waals surface area contributed by atoms with Crippen molar-refractivity contribution in [2.24, 2.45) is 46.3 Å². The highest BCUT2D eigenvalue weighted by Gasteiger charge is 2.65. The molecule has 0 heterocycles. The lowest BCUT2D eigenvalue weighted by molar-refractivity contribution is -0.207. The molecule has 4 fully saturated rings. The van der Waals surface area contributed by atoms with Crippen LogP contribution >= 0.6 is 0 Å². The molecule has 0 aromatic heterocycles. The first-order valence-corrected chi connectivity index (χ1v) is 19.9. The molecular weight excluding hydrogens is 558 g/mol. The van der Waals surface area contributed by atoms with Crippen LogP contribution < -0.4 is 0 Å². The van der Waals surface area contributed by atoms with Gasteiger partial charge in [-0.2, -0.15) is 0 Å². The zero-order valence-corrected chi connectivity index (χ0v) is 30.2. The summed E-state index contributed by atoms with van der Waals surface area (Å²) in [6.07, 6.45) is 22.1. The van der Waals surface area contributed by atoms with E-state index in [0.717, 1.165) is 77.3 Å². The number of carbonyl (C=O) groups excluding carboxylic acids is 1. The van der Waals surface area contributed by atoms with Gasteiger partial charge in [0.15, 0.2) is 0 Å². The molecule has 5 heteroatoms. The molecule has 0 radical (unpaired) electrons. The molecule has 0 aliphatic heterocycles. The van der Waals surface area contributed by atoms with E-state index in [9.17, 15) is 20.1 Å². The van der Waals surface area contributed by atoms with Crippen molar-refractivity contribution in [2.75, 3.05) is 13.1 Å². The Kier molecular flexibility index (Phi) is 14.2. The van der Waals surface area contributed by atoms with Gasteiger partial charge in [-0.15, -0.1) is 0 Å². The molecule has 1 amide bonds. The van der Waals surface area contributed by atoms with Crippen LogP contribution in [0.2, 0.25) is 0 Å². The van der Waals surface area contributed by atoms with E-state index >= 15 is 0 Å². The summed E-state index contributed by atoms with van der Waals surface area (Å²) in [6.45, 7) is 13.4.